The minimum absolute atomic E-state index is 0.556. The van der Waals surface area contributed by atoms with Gasteiger partial charge < -0.3 is 0 Å². The molecule has 0 aliphatic heterocycles. The van der Waals surface area contributed by atoms with Crippen LogP contribution in [-0.4, -0.2) is 27.1 Å². The number of hydrogen-bond donors (Lipinski definition) is 2. The standard InChI is InChI=1S/C12H15N5S/c1-2-8-18-12-14-11(16-17-12)15-13-9-10-6-4-3-5-7-10/h3-7,9H,2,8H2,1H3,(H2,14,15,16,17)/b13-9-. The SMILES string of the molecule is CCCSc1n[nH]c(N/N=C\c2ccccc2)n1. The topological polar surface area (TPSA) is 66.0 Å². The van der Waals surface area contributed by atoms with Crippen LogP contribution < -0.4 is 5.43 Å². The Morgan fingerprint density at radius 3 is 3.00 bits per heavy atom. The highest BCUT2D eigenvalue weighted by atomic mass is 32.2. The van der Waals surface area contributed by atoms with Crippen molar-refractivity contribution in [2.75, 3.05) is 11.2 Å². The number of nitrogens with one attached hydrogen (secondary N) is 2. The van der Waals surface area contributed by atoms with Gasteiger partial charge in [0, 0.05) is 5.75 Å². The first-order valence-corrected chi connectivity index (χ1v) is 6.76. The molecule has 1 heterocycles. The molecule has 0 saturated heterocycles. The first-order chi connectivity index (χ1) is 8.88. The zero-order valence-corrected chi connectivity index (χ0v) is 10.9. The van der Waals surface area contributed by atoms with Crippen LogP contribution in [-0.2, 0) is 0 Å². The molecule has 6 heteroatoms. The average molecular weight is 261 g/mol. The van der Waals surface area contributed by atoms with Crippen LogP contribution in [0.15, 0.2) is 40.6 Å². The second-order valence-electron chi connectivity index (χ2n) is 3.60. The molecule has 0 saturated carbocycles. The van der Waals surface area contributed by atoms with E-state index >= 15 is 0 Å². The van der Waals surface area contributed by atoms with Gasteiger partial charge in [-0.05, 0) is 12.0 Å². The Morgan fingerprint density at radius 2 is 2.22 bits per heavy atom. The van der Waals surface area contributed by atoms with Gasteiger partial charge in [-0.25, -0.2) is 10.5 Å². The summed E-state index contributed by atoms with van der Waals surface area (Å²) in [5.41, 5.74) is 3.85. The maximum atomic E-state index is 4.25. The number of H-pyrrole nitrogens is 1. The lowest BCUT2D eigenvalue weighted by molar-refractivity contribution is 0.968. The van der Waals surface area contributed by atoms with E-state index in [1.807, 2.05) is 30.3 Å². The lowest BCUT2D eigenvalue weighted by atomic mass is 10.2. The second kappa shape index (κ2) is 6.80. The molecule has 0 radical (unpaired) electrons. The Kier molecular flexibility index (Phi) is 4.78. The Balaban J connectivity index is 1.86. The Hall–Kier alpha value is -1.82. The minimum Gasteiger partial charge on any atom is -0.246 e. The molecule has 0 unspecified atom stereocenters. The van der Waals surface area contributed by atoms with Crippen LogP contribution >= 0.6 is 11.8 Å². The highest BCUT2D eigenvalue weighted by molar-refractivity contribution is 7.99. The van der Waals surface area contributed by atoms with Gasteiger partial charge in [-0.1, -0.05) is 49.0 Å². The number of nitrogens with zero attached hydrogens (tertiary/aromatic N) is 3. The van der Waals surface area contributed by atoms with Crippen molar-refractivity contribution in [2.45, 2.75) is 18.5 Å². The summed E-state index contributed by atoms with van der Waals surface area (Å²) in [6.45, 7) is 2.13. The Morgan fingerprint density at radius 1 is 1.39 bits per heavy atom. The van der Waals surface area contributed by atoms with E-state index < -0.39 is 0 Å². The van der Waals surface area contributed by atoms with Crippen molar-refractivity contribution in [2.24, 2.45) is 5.10 Å². The molecular weight excluding hydrogens is 246 g/mol. The van der Waals surface area contributed by atoms with Crippen molar-refractivity contribution in [3.8, 4) is 0 Å². The molecule has 1 aromatic heterocycles. The van der Waals surface area contributed by atoms with Gasteiger partial charge in [-0.2, -0.15) is 10.1 Å². The number of anilines is 1. The van der Waals surface area contributed by atoms with Crippen molar-refractivity contribution in [3.05, 3.63) is 35.9 Å². The molecule has 5 nitrogen and oxygen atoms in total. The number of aromatic nitrogens is 3. The molecule has 0 atom stereocenters. The second-order valence-corrected chi connectivity index (χ2v) is 4.66. The quantitative estimate of drug-likeness (QED) is 0.477. The third kappa shape index (κ3) is 3.89. The van der Waals surface area contributed by atoms with E-state index in [1.54, 1.807) is 18.0 Å². The van der Waals surface area contributed by atoms with Crippen LogP contribution in [0, 0.1) is 0 Å². The van der Waals surface area contributed by atoms with Gasteiger partial charge in [0.05, 0.1) is 6.21 Å². The summed E-state index contributed by atoms with van der Waals surface area (Å²) in [7, 11) is 0. The van der Waals surface area contributed by atoms with Crippen molar-refractivity contribution in [3.63, 3.8) is 0 Å². The minimum atomic E-state index is 0.556. The van der Waals surface area contributed by atoms with Crippen molar-refractivity contribution >= 4 is 23.9 Å². The number of benzene rings is 1. The summed E-state index contributed by atoms with van der Waals surface area (Å²) in [6, 6.07) is 9.87. The summed E-state index contributed by atoms with van der Waals surface area (Å²) >= 11 is 1.63. The van der Waals surface area contributed by atoms with E-state index in [0.717, 1.165) is 22.9 Å². The Bertz CT molecular complexity index is 494. The molecule has 0 bridgehead atoms. The van der Waals surface area contributed by atoms with Crippen LogP contribution in [0.1, 0.15) is 18.9 Å². The van der Waals surface area contributed by atoms with Gasteiger partial charge in [0.2, 0.25) is 11.1 Å². The van der Waals surface area contributed by atoms with Crippen molar-refractivity contribution in [1.82, 2.24) is 15.2 Å². The fraction of sp³-hybridized carbons (Fsp3) is 0.250. The molecule has 0 amide bonds. The number of hydrazone groups is 1. The fourth-order valence-electron chi connectivity index (χ4n) is 1.26. The maximum absolute atomic E-state index is 4.25. The van der Waals surface area contributed by atoms with Crippen LogP contribution in [0.4, 0.5) is 5.95 Å². The third-order valence-corrected chi connectivity index (χ3v) is 3.14. The average Bonchev–Trinajstić information content (AvgIpc) is 2.85. The zero-order valence-electron chi connectivity index (χ0n) is 10.1. The van der Waals surface area contributed by atoms with Gasteiger partial charge in [0.1, 0.15) is 0 Å². The number of rotatable bonds is 6. The molecular formula is C12H15N5S. The summed E-state index contributed by atoms with van der Waals surface area (Å²) in [5, 5.41) is 11.7. The lowest BCUT2D eigenvalue weighted by Crippen LogP contribution is -1.92. The van der Waals surface area contributed by atoms with Crippen molar-refractivity contribution in [1.29, 1.82) is 0 Å². The number of hydrogen-bond acceptors (Lipinski definition) is 5. The van der Waals surface area contributed by atoms with E-state index in [9.17, 15) is 0 Å². The first-order valence-electron chi connectivity index (χ1n) is 5.78. The smallest absolute Gasteiger partial charge is 0.240 e. The lowest BCUT2D eigenvalue weighted by Gasteiger charge is -1.93. The molecule has 0 spiro atoms. The molecule has 2 aromatic rings. The maximum Gasteiger partial charge on any atom is 0.240 e. The molecule has 2 N–H and O–H groups in total. The largest absolute Gasteiger partial charge is 0.246 e. The van der Waals surface area contributed by atoms with E-state index in [-0.39, 0.29) is 0 Å². The first kappa shape index (κ1) is 12.6. The summed E-state index contributed by atoms with van der Waals surface area (Å²) in [6.07, 6.45) is 2.84. The van der Waals surface area contributed by atoms with Crippen LogP contribution in [0.25, 0.3) is 0 Å². The van der Waals surface area contributed by atoms with Gasteiger partial charge in [0.15, 0.2) is 0 Å². The van der Waals surface area contributed by atoms with Crippen molar-refractivity contribution < 1.29 is 0 Å². The highest BCUT2D eigenvalue weighted by Crippen LogP contribution is 2.14. The van der Waals surface area contributed by atoms with Crippen LogP contribution in [0.5, 0.6) is 0 Å². The number of aromatic amines is 1. The third-order valence-electron chi connectivity index (χ3n) is 2.08. The van der Waals surface area contributed by atoms with E-state index in [4.69, 9.17) is 0 Å². The van der Waals surface area contributed by atoms with E-state index in [2.05, 4.69) is 32.6 Å². The zero-order chi connectivity index (χ0) is 12.6. The molecule has 94 valence electrons. The molecule has 0 aliphatic carbocycles. The van der Waals surface area contributed by atoms with Crippen LogP contribution in [0.3, 0.4) is 0 Å². The monoisotopic (exact) mass is 261 g/mol. The summed E-state index contributed by atoms with van der Waals surface area (Å²) in [5.74, 6) is 1.57. The highest BCUT2D eigenvalue weighted by Gasteiger charge is 2.01. The molecule has 0 aliphatic rings. The molecule has 0 fully saturated rings. The van der Waals surface area contributed by atoms with Gasteiger partial charge in [-0.3, -0.25) is 0 Å². The number of thioether (sulfide) groups is 1. The van der Waals surface area contributed by atoms with Gasteiger partial charge in [-0.15, -0.1) is 5.10 Å². The fourth-order valence-corrected chi connectivity index (χ4v) is 1.91. The summed E-state index contributed by atoms with van der Waals surface area (Å²) < 4.78 is 0. The molecule has 18 heavy (non-hydrogen) atoms. The normalized spacial score (nSPS) is 10.9. The predicted octanol–water partition coefficient (Wildman–Crippen LogP) is 2.75. The molecule has 1 aromatic carbocycles. The Labute approximate surface area is 110 Å². The summed E-state index contributed by atoms with van der Waals surface area (Å²) in [4.78, 5) is 4.25. The predicted molar refractivity (Wildman–Crippen MR) is 75.1 cm³/mol. The van der Waals surface area contributed by atoms with E-state index in [0.29, 0.717) is 5.95 Å². The van der Waals surface area contributed by atoms with Gasteiger partial charge >= 0.3 is 0 Å². The van der Waals surface area contributed by atoms with E-state index in [1.165, 1.54) is 0 Å². The van der Waals surface area contributed by atoms with Crippen LogP contribution in [0.2, 0.25) is 0 Å². The van der Waals surface area contributed by atoms with Gasteiger partial charge in [0.25, 0.3) is 0 Å². The molecule has 2 rings (SSSR count).